The third kappa shape index (κ3) is 2.97. The maximum absolute atomic E-state index is 12.3. The average molecular weight is 263 g/mol. The lowest BCUT2D eigenvalue weighted by atomic mass is 10.0. The van der Waals surface area contributed by atoms with E-state index in [0.29, 0.717) is 12.5 Å². The Kier molecular flexibility index (Phi) is 3.82. The summed E-state index contributed by atoms with van der Waals surface area (Å²) in [6.07, 6.45) is 8.76. The second-order valence-electron chi connectivity index (χ2n) is 5.46. The third-order valence-corrected chi connectivity index (χ3v) is 4.07. The predicted molar refractivity (Wildman–Crippen MR) is 70.7 cm³/mol. The third-order valence-electron chi connectivity index (χ3n) is 4.07. The minimum absolute atomic E-state index is 0.151. The van der Waals surface area contributed by atoms with Crippen LogP contribution in [0.15, 0.2) is 18.5 Å². The monoisotopic (exact) mass is 263 g/mol. The van der Waals surface area contributed by atoms with Gasteiger partial charge < -0.3 is 9.64 Å². The summed E-state index contributed by atoms with van der Waals surface area (Å²) in [7, 11) is 0. The van der Waals surface area contributed by atoms with Crippen molar-refractivity contribution >= 4 is 5.91 Å². The lowest BCUT2D eigenvalue weighted by Crippen LogP contribution is -2.41. The molecule has 2 atom stereocenters. The topological polar surface area (TPSA) is 47.4 Å². The first-order valence-corrected chi connectivity index (χ1v) is 7.21. The fourth-order valence-electron chi connectivity index (χ4n) is 3.02. The van der Waals surface area contributed by atoms with Crippen LogP contribution in [0.5, 0.6) is 0 Å². The number of amides is 1. The zero-order valence-electron chi connectivity index (χ0n) is 11.2. The van der Waals surface area contributed by atoms with E-state index in [0.717, 1.165) is 45.4 Å². The van der Waals surface area contributed by atoms with Gasteiger partial charge >= 0.3 is 0 Å². The molecule has 0 bridgehead atoms. The molecule has 0 unspecified atom stereocenters. The standard InChI is InChI=1S/C14H21N3O2/c18-14(10-13-5-2-9-19-13)16-7-1-4-12(11-16)17-8-3-6-15-17/h3,6,8,12-13H,1-2,4-5,7,9-11H2/t12-,13-/m0/s1. The van der Waals surface area contributed by atoms with Crippen molar-refractivity contribution in [2.24, 2.45) is 0 Å². The van der Waals surface area contributed by atoms with Crippen molar-refractivity contribution in [1.29, 1.82) is 0 Å². The number of aromatic nitrogens is 2. The van der Waals surface area contributed by atoms with Crippen LogP contribution < -0.4 is 0 Å². The summed E-state index contributed by atoms with van der Waals surface area (Å²) in [6, 6.07) is 2.27. The maximum Gasteiger partial charge on any atom is 0.225 e. The maximum atomic E-state index is 12.3. The van der Waals surface area contributed by atoms with Crippen LogP contribution in [0, 0.1) is 0 Å². The number of piperidine rings is 1. The van der Waals surface area contributed by atoms with Gasteiger partial charge in [0.25, 0.3) is 0 Å². The van der Waals surface area contributed by atoms with E-state index in [2.05, 4.69) is 5.10 Å². The lowest BCUT2D eigenvalue weighted by molar-refractivity contribution is -0.135. The van der Waals surface area contributed by atoms with Crippen molar-refractivity contribution < 1.29 is 9.53 Å². The summed E-state index contributed by atoms with van der Waals surface area (Å²) < 4.78 is 7.53. The highest BCUT2D eigenvalue weighted by molar-refractivity contribution is 5.76. The Morgan fingerprint density at radius 3 is 3.05 bits per heavy atom. The Morgan fingerprint density at radius 1 is 1.37 bits per heavy atom. The molecule has 2 aliphatic heterocycles. The van der Waals surface area contributed by atoms with Gasteiger partial charge in [0.05, 0.1) is 18.6 Å². The molecule has 3 rings (SSSR count). The number of likely N-dealkylation sites (tertiary alicyclic amines) is 1. The van der Waals surface area contributed by atoms with Gasteiger partial charge in [-0.05, 0) is 31.7 Å². The second-order valence-corrected chi connectivity index (χ2v) is 5.46. The minimum atomic E-state index is 0.151. The summed E-state index contributed by atoms with van der Waals surface area (Å²) in [6.45, 7) is 2.48. The Morgan fingerprint density at radius 2 is 2.32 bits per heavy atom. The van der Waals surface area contributed by atoms with Gasteiger partial charge in [-0.3, -0.25) is 9.48 Å². The molecule has 2 fully saturated rings. The molecule has 104 valence electrons. The highest BCUT2D eigenvalue weighted by Crippen LogP contribution is 2.23. The van der Waals surface area contributed by atoms with Gasteiger partial charge in [-0.2, -0.15) is 5.10 Å². The van der Waals surface area contributed by atoms with E-state index in [-0.39, 0.29) is 12.0 Å². The van der Waals surface area contributed by atoms with Crippen LogP contribution in [0.2, 0.25) is 0 Å². The summed E-state index contributed by atoms with van der Waals surface area (Å²) in [4.78, 5) is 14.3. The second kappa shape index (κ2) is 5.74. The molecule has 19 heavy (non-hydrogen) atoms. The van der Waals surface area contributed by atoms with Gasteiger partial charge in [0.2, 0.25) is 5.91 Å². The van der Waals surface area contributed by atoms with Crippen LogP contribution >= 0.6 is 0 Å². The zero-order valence-corrected chi connectivity index (χ0v) is 11.2. The van der Waals surface area contributed by atoms with E-state index in [1.165, 1.54) is 0 Å². The molecule has 2 saturated heterocycles. The SMILES string of the molecule is O=C(C[C@@H]1CCCO1)N1CCC[C@H](n2cccn2)C1. The van der Waals surface area contributed by atoms with Gasteiger partial charge in [0.1, 0.15) is 0 Å². The molecule has 5 heteroatoms. The summed E-state index contributed by atoms with van der Waals surface area (Å²) in [5.41, 5.74) is 0. The van der Waals surface area contributed by atoms with Gasteiger partial charge in [-0.1, -0.05) is 0 Å². The summed E-state index contributed by atoms with van der Waals surface area (Å²) >= 11 is 0. The predicted octanol–water partition coefficient (Wildman–Crippen LogP) is 1.62. The van der Waals surface area contributed by atoms with Crippen molar-refractivity contribution in [3.05, 3.63) is 18.5 Å². The molecule has 5 nitrogen and oxygen atoms in total. The van der Waals surface area contributed by atoms with Crippen LogP contribution in [-0.4, -0.2) is 46.4 Å². The van der Waals surface area contributed by atoms with Crippen LogP contribution in [0.1, 0.15) is 38.1 Å². The Hall–Kier alpha value is -1.36. The van der Waals surface area contributed by atoms with E-state index < -0.39 is 0 Å². The Balaban J connectivity index is 1.56. The summed E-state index contributed by atoms with van der Waals surface area (Å²) in [5.74, 6) is 0.240. The fourth-order valence-corrected chi connectivity index (χ4v) is 3.02. The average Bonchev–Trinajstić information content (AvgIpc) is 3.12. The normalized spacial score (nSPS) is 27.7. The quantitative estimate of drug-likeness (QED) is 0.832. The van der Waals surface area contributed by atoms with Gasteiger partial charge in [0.15, 0.2) is 0 Å². The molecule has 1 aromatic rings. The molecule has 3 heterocycles. The zero-order chi connectivity index (χ0) is 13.1. The van der Waals surface area contributed by atoms with Crippen molar-refractivity contribution in [3.63, 3.8) is 0 Å². The van der Waals surface area contributed by atoms with Crippen LogP contribution in [0.4, 0.5) is 0 Å². The lowest BCUT2D eigenvalue weighted by Gasteiger charge is -2.33. The first kappa shape index (κ1) is 12.7. The highest BCUT2D eigenvalue weighted by atomic mass is 16.5. The number of hydrogen-bond acceptors (Lipinski definition) is 3. The van der Waals surface area contributed by atoms with Crippen LogP contribution in [-0.2, 0) is 9.53 Å². The van der Waals surface area contributed by atoms with Gasteiger partial charge in [-0.15, -0.1) is 0 Å². The molecular formula is C14H21N3O2. The number of ether oxygens (including phenoxy) is 1. The largest absolute Gasteiger partial charge is 0.378 e. The van der Waals surface area contributed by atoms with Crippen LogP contribution in [0.25, 0.3) is 0 Å². The molecule has 0 radical (unpaired) electrons. The first-order chi connectivity index (χ1) is 9.33. The van der Waals surface area contributed by atoms with Crippen molar-refractivity contribution in [2.45, 2.75) is 44.2 Å². The van der Waals surface area contributed by atoms with Crippen molar-refractivity contribution in [2.75, 3.05) is 19.7 Å². The smallest absolute Gasteiger partial charge is 0.225 e. The van der Waals surface area contributed by atoms with Crippen molar-refractivity contribution in [1.82, 2.24) is 14.7 Å². The van der Waals surface area contributed by atoms with Crippen LogP contribution in [0.3, 0.4) is 0 Å². The van der Waals surface area contributed by atoms with Gasteiger partial charge in [-0.25, -0.2) is 0 Å². The Labute approximate surface area is 113 Å². The number of rotatable bonds is 3. The number of carbonyl (C=O) groups is 1. The molecule has 0 N–H and O–H groups in total. The number of nitrogens with zero attached hydrogens (tertiary/aromatic N) is 3. The van der Waals surface area contributed by atoms with E-state index in [1.54, 1.807) is 6.20 Å². The molecule has 0 saturated carbocycles. The van der Waals surface area contributed by atoms with E-state index in [4.69, 9.17) is 4.74 Å². The fraction of sp³-hybridized carbons (Fsp3) is 0.714. The molecule has 2 aliphatic rings. The van der Waals surface area contributed by atoms with E-state index in [1.807, 2.05) is 21.8 Å². The van der Waals surface area contributed by atoms with Gasteiger partial charge in [0, 0.05) is 32.1 Å². The Bertz CT molecular complexity index is 412. The molecule has 0 spiro atoms. The number of hydrogen-bond donors (Lipinski definition) is 0. The molecular weight excluding hydrogens is 242 g/mol. The number of carbonyl (C=O) groups excluding carboxylic acids is 1. The molecule has 1 aromatic heterocycles. The minimum Gasteiger partial charge on any atom is -0.378 e. The van der Waals surface area contributed by atoms with Crippen molar-refractivity contribution in [3.8, 4) is 0 Å². The van der Waals surface area contributed by atoms with E-state index >= 15 is 0 Å². The molecule has 1 amide bonds. The first-order valence-electron chi connectivity index (χ1n) is 7.21. The molecule has 0 aromatic carbocycles. The summed E-state index contributed by atoms with van der Waals surface area (Å²) in [5, 5.41) is 4.29. The van der Waals surface area contributed by atoms with E-state index in [9.17, 15) is 4.79 Å². The molecule has 0 aliphatic carbocycles. The highest BCUT2D eigenvalue weighted by Gasteiger charge is 2.27.